The molecule has 25 heavy (non-hydrogen) atoms. The second kappa shape index (κ2) is 6.81. The minimum Gasteiger partial charge on any atom is -0.493 e. The summed E-state index contributed by atoms with van der Waals surface area (Å²) in [7, 11) is 1.51. The number of benzene rings is 2. The first-order chi connectivity index (χ1) is 12.0. The van der Waals surface area contributed by atoms with Crippen molar-refractivity contribution < 1.29 is 18.7 Å². The lowest BCUT2D eigenvalue weighted by molar-refractivity contribution is 0.112. The Morgan fingerprint density at radius 2 is 1.88 bits per heavy atom. The van der Waals surface area contributed by atoms with Crippen molar-refractivity contribution in [3.8, 4) is 11.5 Å². The zero-order valence-electron chi connectivity index (χ0n) is 14.3. The largest absolute Gasteiger partial charge is 0.493 e. The maximum absolute atomic E-state index is 11.9. The van der Waals surface area contributed by atoms with Crippen molar-refractivity contribution in [2.75, 3.05) is 7.11 Å². The third-order valence-electron chi connectivity index (χ3n) is 4.22. The molecule has 5 heteroatoms. The first-order valence-electron chi connectivity index (χ1n) is 7.82. The number of methoxy groups -OCH3 is 1. The Labute approximate surface area is 144 Å². The van der Waals surface area contributed by atoms with E-state index in [-0.39, 0.29) is 6.61 Å². The molecule has 0 saturated heterocycles. The molecular weight excluding hydrogens is 320 g/mol. The van der Waals surface area contributed by atoms with Gasteiger partial charge in [-0.05, 0) is 43.2 Å². The van der Waals surface area contributed by atoms with Gasteiger partial charge < -0.3 is 13.9 Å². The van der Waals surface area contributed by atoms with Gasteiger partial charge in [0.05, 0.1) is 7.11 Å². The van der Waals surface area contributed by atoms with Crippen molar-refractivity contribution in [2.24, 2.45) is 0 Å². The Bertz CT molecular complexity index is 1000. The van der Waals surface area contributed by atoms with Gasteiger partial charge in [0.25, 0.3) is 0 Å². The number of aryl methyl sites for hydroxylation is 2. The summed E-state index contributed by atoms with van der Waals surface area (Å²) >= 11 is 0. The maximum Gasteiger partial charge on any atom is 0.336 e. The molecule has 2 aromatic carbocycles. The van der Waals surface area contributed by atoms with Crippen molar-refractivity contribution in [3.05, 3.63) is 69.1 Å². The highest BCUT2D eigenvalue weighted by Crippen LogP contribution is 2.29. The highest BCUT2D eigenvalue weighted by molar-refractivity contribution is 5.83. The standard InChI is InChI=1S/C20H18O5/c1-12-4-6-16-15(9-19(22)25-20(16)13(12)2)11-24-17-7-5-14(10-21)8-18(17)23-3/h4-10H,11H2,1-3H3. The summed E-state index contributed by atoms with van der Waals surface area (Å²) < 4.78 is 16.4. The molecule has 0 spiro atoms. The van der Waals surface area contributed by atoms with E-state index in [1.54, 1.807) is 18.2 Å². The van der Waals surface area contributed by atoms with Crippen LogP contribution in [0.15, 0.2) is 45.6 Å². The van der Waals surface area contributed by atoms with Crippen molar-refractivity contribution in [1.29, 1.82) is 0 Å². The van der Waals surface area contributed by atoms with Crippen molar-refractivity contribution >= 4 is 17.3 Å². The van der Waals surface area contributed by atoms with Crippen LogP contribution in [0, 0.1) is 13.8 Å². The lowest BCUT2D eigenvalue weighted by Gasteiger charge is -2.13. The summed E-state index contributed by atoms with van der Waals surface area (Å²) in [6.45, 7) is 4.07. The maximum atomic E-state index is 11.9. The van der Waals surface area contributed by atoms with Crippen LogP contribution in [-0.4, -0.2) is 13.4 Å². The van der Waals surface area contributed by atoms with Gasteiger partial charge in [0.15, 0.2) is 11.5 Å². The summed E-state index contributed by atoms with van der Waals surface area (Å²) in [4.78, 5) is 22.8. The van der Waals surface area contributed by atoms with Gasteiger partial charge in [-0.25, -0.2) is 4.79 Å². The lowest BCUT2D eigenvalue weighted by atomic mass is 10.0. The van der Waals surface area contributed by atoms with Gasteiger partial charge in [-0.1, -0.05) is 12.1 Å². The third kappa shape index (κ3) is 3.26. The van der Waals surface area contributed by atoms with E-state index in [0.29, 0.717) is 22.6 Å². The van der Waals surface area contributed by atoms with E-state index in [9.17, 15) is 9.59 Å². The lowest BCUT2D eigenvalue weighted by Crippen LogP contribution is -2.05. The molecular formula is C20H18O5. The van der Waals surface area contributed by atoms with Gasteiger partial charge in [0.2, 0.25) is 0 Å². The summed E-state index contributed by atoms with van der Waals surface area (Å²) in [6, 6.07) is 10.3. The fourth-order valence-electron chi connectivity index (χ4n) is 2.68. The second-order valence-corrected chi connectivity index (χ2v) is 5.79. The fraction of sp³-hybridized carbons (Fsp3) is 0.200. The number of fused-ring (bicyclic) bond motifs is 1. The van der Waals surface area contributed by atoms with Gasteiger partial charge in [-0.3, -0.25) is 4.79 Å². The van der Waals surface area contributed by atoms with Crippen LogP contribution in [0.25, 0.3) is 11.0 Å². The molecule has 0 radical (unpaired) electrons. The monoisotopic (exact) mass is 338 g/mol. The molecule has 3 rings (SSSR count). The number of ether oxygens (including phenoxy) is 2. The van der Waals surface area contributed by atoms with Crippen LogP contribution in [-0.2, 0) is 6.61 Å². The van der Waals surface area contributed by atoms with Crippen LogP contribution in [0.1, 0.15) is 27.0 Å². The van der Waals surface area contributed by atoms with E-state index < -0.39 is 5.63 Å². The Morgan fingerprint density at radius 3 is 2.60 bits per heavy atom. The Balaban J connectivity index is 1.98. The molecule has 1 aromatic heterocycles. The molecule has 0 bridgehead atoms. The average molecular weight is 338 g/mol. The van der Waals surface area contributed by atoms with Gasteiger partial charge in [-0.2, -0.15) is 0 Å². The molecule has 0 atom stereocenters. The van der Waals surface area contributed by atoms with Crippen LogP contribution >= 0.6 is 0 Å². The van der Waals surface area contributed by atoms with Crippen molar-refractivity contribution in [3.63, 3.8) is 0 Å². The smallest absolute Gasteiger partial charge is 0.336 e. The van der Waals surface area contributed by atoms with Crippen molar-refractivity contribution in [2.45, 2.75) is 20.5 Å². The average Bonchev–Trinajstić information content (AvgIpc) is 2.63. The Hall–Kier alpha value is -3.08. The number of rotatable bonds is 5. The van der Waals surface area contributed by atoms with Gasteiger partial charge in [0.1, 0.15) is 18.5 Å². The highest BCUT2D eigenvalue weighted by atomic mass is 16.5. The zero-order valence-corrected chi connectivity index (χ0v) is 14.3. The number of hydrogen-bond acceptors (Lipinski definition) is 5. The summed E-state index contributed by atoms with van der Waals surface area (Å²) in [5, 5.41) is 0.839. The molecule has 1 heterocycles. The number of aldehydes is 1. The molecule has 0 aliphatic carbocycles. The Morgan fingerprint density at radius 1 is 1.08 bits per heavy atom. The van der Waals surface area contributed by atoms with Crippen LogP contribution in [0.4, 0.5) is 0 Å². The molecule has 0 unspecified atom stereocenters. The number of carbonyl (C=O) groups is 1. The SMILES string of the molecule is COc1cc(C=O)ccc1OCc1cc(=O)oc2c(C)c(C)ccc12. The van der Waals surface area contributed by atoms with E-state index in [1.165, 1.54) is 13.2 Å². The summed E-state index contributed by atoms with van der Waals surface area (Å²) in [5.41, 5.74) is 3.39. The number of carbonyl (C=O) groups excluding carboxylic acids is 1. The molecule has 0 N–H and O–H groups in total. The second-order valence-electron chi connectivity index (χ2n) is 5.79. The third-order valence-corrected chi connectivity index (χ3v) is 4.22. The van der Waals surface area contributed by atoms with Gasteiger partial charge >= 0.3 is 5.63 Å². The van der Waals surface area contributed by atoms with E-state index in [4.69, 9.17) is 13.9 Å². The van der Waals surface area contributed by atoms with E-state index >= 15 is 0 Å². The molecule has 3 aromatic rings. The quantitative estimate of drug-likeness (QED) is 0.523. The molecule has 0 fully saturated rings. The zero-order chi connectivity index (χ0) is 18.0. The molecule has 0 aliphatic rings. The van der Waals surface area contributed by atoms with Crippen molar-refractivity contribution in [1.82, 2.24) is 0 Å². The van der Waals surface area contributed by atoms with E-state index in [2.05, 4.69) is 0 Å². The number of hydrogen-bond donors (Lipinski definition) is 0. The molecule has 0 aliphatic heterocycles. The van der Waals surface area contributed by atoms with Crippen LogP contribution in [0.5, 0.6) is 11.5 Å². The highest BCUT2D eigenvalue weighted by Gasteiger charge is 2.12. The first-order valence-corrected chi connectivity index (χ1v) is 7.82. The van der Waals surface area contributed by atoms with Gasteiger partial charge in [0, 0.05) is 22.6 Å². The first kappa shape index (κ1) is 16.8. The van der Waals surface area contributed by atoms with Gasteiger partial charge in [-0.15, -0.1) is 0 Å². The van der Waals surface area contributed by atoms with E-state index in [1.807, 2.05) is 26.0 Å². The fourth-order valence-corrected chi connectivity index (χ4v) is 2.68. The molecule has 128 valence electrons. The van der Waals surface area contributed by atoms with Crippen LogP contribution < -0.4 is 15.1 Å². The van der Waals surface area contributed by atoms with E-state index in [0.717, 1.165) is 28.4 Å². The molecule has 0 amide bonds. The molecule has 0 saturated carbocycles. The predicted octanol–water partition coefficient (Wildman–Crippen LogP) is 3.81. The minimum absolute atomic E-state index is 0.182. The topological polar surface area (TPSA) is 65.7 Å². The predicted molar refractivity (Wildman–Crippen MR) is 94.7 cm³/mol. The van der Waals surface area contributed by atoms with Crippen LogP contribution in [0.2, 0.25) is 0 Å². The Kier molecular flexibility index (Phi) is 4.57. The van der Waals surface area contributed by atoms with Crippen LogP contribution in [0.3, 0.4) is 0 Å². The minimum atomic E-state index is -0.414. The molecule has 5 nitrogen and oxygen atoms in total. The summed E-state index contributed by atoms with van der Waals surface area (Å²) in [5.74, 6) is 0.960. The normalized spacial score (nSPS) is 10.7. The summed E-state index contributed by atoms with van der Waals surface area (Å²) in [6.07, 6.45) is 0.743.